The van der Waals surface area contributed by atoms with E-state index in [1.165, 1.54) is 0 Å². The van der Waals surface area contributed by atoms with Crippen molar-refractivity contribution in [3.05, 3.63) is 35.9 Å². The van der Waals surface area contributed by atoms with Crippen LogP contribution in [-0.4, -0.2) is 17.6 Å². The summed E-state index contributed by atoms with van der Waals surface area (Å²) in [5.74, 6) is -0.286. The van der Waals surface area contributed by atoms with Crippen LogP contribution in [0.3, 0.4) is 0 Å². The highest BCUT2D eigenvalue weighted by Crippen LogP contribution is 2.22. The van der Waals surface area contributed by atoms with Crippen LogP contribution >= 0.6 is 0 Å². The number of primary amides is 1. The molecule has 1 aromatic carbocycles. The van der Waals surface area contributed by atoms with Gasteiger partial charge in [0, 0.05) is 13.0 Å². The van der Waals surface area contributed by atoms with Crippen molar-refractivity contribution in [2.24, 2.45) is 5.73 Å². The van der Waals surface area contributed by atoms with Crippen LogP contribution in [0.25, 0.3) is 0 Å². The van der Waals surface area contributed by atoms with Gasteiger partial charge in [0.1, 0.15) is 0 Å². The number of aliphatic hydroxyl groups is 1. The summed E-state index contributed by atoms with van der Waals surface area (Å²) in [6.45, 7) is 0.0762. The van der Waals surface area contributed by atoms with Crippen molar-refractivity contribution in [2.45, 2.75) is 18.8 Å². The van der Waals surface area contributed by atoms with Crippen molar-refractivity contribution < 1.29 is 9.90 Å². The SMILES string of the molecule is NC(=O)CC(CCO)c1ccccc1. The highest BCUT2D eigenvalue weighted by molar-refractivity contribution is 5.74. The Morgan fingerprint density at radius 2 is 2.00 bits per heavy atom. The fourth-order valence-corrected chi connectivity index (χ4v) is 1.51. The van der Waals surface area contributed by atoms with Crippen molar-refractivity contribution in [2.75, 3.05) is 6.61 Å². The maximum Gasteiger partial charge on any atom is 0.218 e. The summed E-state index contributed by atoms with van der Waals surface area (Å²) in [4.78, 5) is 10.8. The lowest BCUT2D eigenvalue weighted by Crippen LogP contribution is -2.16. The Bertz CT molecular complexity index is 285. The minimum Gasteiger partial charge on any atom is -0.396 e. The van der Waals surface area contributed by atoms with E-state index in [0.717, 1.165) is 5.56 Å². The van der Waals surface area contributed by atoms with Gasteiger partial charge < -0.3 is 10.8 Å². The smallest absolute Gasteiger partial charge is 0.218 e. The van der Waals surface area contributed by atoms with E-state index in [2.05, 4.69) is 0 Å². The van der Waals surface area contributed by atoms with E-state index in [1.54, 1.807) is 0 Å². The molecule has 1 rings (SSSR count). The van der Waals surface area contributed by atoms with E-state index in [9.17, 15) is 4.79 Å². The van der Waals surface area contributed by atoms with E-state index in [4.69, 9.17) is 10.8 Å². The molecule has 76 valence electrons. The molecular formula is C11H15NO2. The lowest BCUT2D eigenvalue weighted by molar-refractivity contribution is -0.118. The van der Waals surface area contributed by atoms with E-state index in [1.807, 2.05) is 30.3 Å². The van der Waals surface area contributed by atoms with E-state index >= 15 is 0 Å². The Morgan fingerprint density at radius 3 is 2.50 bits per heavy atom. The van der Waals surface area contributed by atoms with Crippen LogP contribution in [0.1, 0.15) is 24.3 Å². The highest BCUT2D eigenvalue weighted by atomic mass is 16.3. The van der Waals surface area contributed by atoms with Gasteiger partial charge in [0.2, 0.25) is 5.91 Å². The van der Waals surface area contributed by atoms with Crippen molar-refractivity contribution >= 4 is 5.91 Å². The zero-order chi connectivity index (χ0) is 10.4. The number of hydrogen-bond donors (Lipinski definition) is 2. The molecule has 1 atom stereocenters. The number of benzene rings is 1. The van der Waals surface area contributed by atoms with Crippen LogP contribution in [-0.2, 0) is 4.79 Å². The van der Waals surface area contributed by atoms with Gasteiger partial charge in [0.15, 0.2) is 0 Å². The first kappa shape index (κ1) is 10.7. The molecule has 3 N–H and O–H groups in total. The van der Waals surface area contributed by atoms with Gasteiger partial charge in [-0.1, -0.05) is 30.3 Å². The number of hydrogen-bond acceptors (Lipinski definition) is 2. The van der Waals surface area contributed by atoms with Gasteiger partial charge in [0.25, 0.3) is 0 Å². The summed E-state index contributed by atoms with van der Waals surface area (Å²) in [5.41, 5.74) is 6.20. The zero-order valence-electron chi connectivity index (χ0n) is 8.02. The second kappa shape index (κ2) is 5.40. The lowest BCUT2D eigenvalue weighted by atomic mass is 9.93. The molecule has 3 heteroatoms. The Kier molecular flexibility index (Phi) is 4.13. The second-order valence-electron chi connectivity index (χ2n) is 3.29. The highest BCUT2D eigenvalue weighted by Gasteiger charge is 2.13. The predicted molar refractivity (Wildman–Crippen MR) is 54.7 cm³/mol. The monoisotopic (exact) mass is 193 g/mol. The standard InChI is InChI=1S/C11H15NO2/c12-11(14)8-10(6-7-13)9-4-2-1-3-5-9/h1-5,10,13H,6-8H2,(H2,12,14). The van der Waals surface area contributed by atoms with Crippen molar-refractivity contribution in [1.82, 2.24) is 0 Å². The molecule has 0 aliphatic rings. The van der Waals surface area contributed by atoms with E-state index in [0.29, 0.717) is 12.8 Å². The van der Waals surface area contributed by atoms with Crippen molar-refractivity contribution in [1.29, 1.82) is 0 Å². The summed E-state index contributed by atoms with van der Waals surface area (Å²) in [5, 5.41) is 8.86. The van der Waals surface area contributed by atoms with Gasteiger partial charge in [-0.15, -0.1) is 0 Å². The molecule has 1 amide bonds. The Balaban J connectivity index is 2.72. The molecule has 0 radical (unpaired) electrons. The van der Waals surface area contributed by atoms with Gasteiger partial charge in [-0.05, 0) is 17.9 Å². The lowest BCUT2D eigenvalue weighted by Gasteiger charge is -2.13. The number of nitrogens with two attached hydrogens (primary N) is 1. The largest absolute Gasteiger partial charge is 0.396 e. The van der Waals surface area contributed by atoms with Crippen LogP contribution < -0.4 is 5.73 Å². The quantitative estimate of drug-likeness (QED) is 0.733. The molecule has 0 aliphatic heterocycles. The van der Waals surface area contributed by atoms with Crippen LogP contribution in [0.4, 0.5) is 0 Å². The molecule has 1 unspecified atom stereocenters. The second-order valence-corrected chi connectivity index (χ2v) is 3.29. The summed E-state index contributed by atoms with van der Waals surface area (Å²) in [6.07, 6.45) is 0.873. The number of aliphatic hydroxyl groups excluding tert-OH is 1. The Labute approximate surface area is 83.6 Å². The first-order valence-corrected chi connectivity index (χ1v) is 4.68. The summed E-state index contributed by atoms with van der Waals surface area (Å²) < 4.78 is 0. The molecule has 14 heavy (non-hydrogen) atoms. The number of amides is 1. The number of carbonyl (C=O) groups is 1. The summed E-state index contributed by atoms with van der Waals surface area (Å²) in [6, 6.07) is 9.65. The Morgan fingerprint density at radius 1 is 1.36 bits per heavy atom. The third-order valence-corrected chi connectivity index (χ3v) is 2.20. The van der Waals surface area contributed by atoms with Gasteiger partial charge in [-0.25, -0.2) is 0 Å². The molecule has 0 aliphatic carbocycles. The first-order valence-electron chi connectivity index (χ1n) is 4.68. The van der Waals surface area contributed by atoms with Gasteiger partial charge in [0.05, 0.1) is 0 Å². The van der Waals surface area contributed by atoms with Crippen LogP contribution in [0, 0.1) is 0 Å². The van der Waals surface area contributed by atoms with Gasteiger partial charge in [-0.3, -0.25) is 4.79 Å². The molecule has 0 fully saturated rings. The third kappa shape index (κ3) is 3.18. The molecule has 1 aromatic rings. The molecule has 0 aromatic heterocycles. The molecule has 0 bridgehead atoms. The van der Waals surface area contributed by atoms with Crippen LogP contribution in [0.5, 0.6) is 0 Å². The maximum absolute atomic E-state index is 10.8. The van der Waals surface area contributed by atoms with Crippen molar-refractivity contribution in [3.8, 4) is 0 Å². The number of rotatable bonds is 5. The molecule has 0 saturated carbocycles. The summed E-state index contributed by atoms with van der Waals surface area (Å²) >= 11 is 0. The maximum atomic E-state index is 10.8. The minimum absolute atomic E-state index is 0.0405. The van der Waals surface area contributed by atoms with Gasteiger partial charge in [-0.2, -0.15) is 0 Å². The fourth-order valence-electron chi connectivity index (χ4n) is 1.51. The molecule has 0 saturated heterocycles. The van der Waals surface area contributed by atoms with E-state index < -0.39 is 0 Å². The average molecular weight is 193 g/mol. The van der Waals surface area contributed by atoms with Crippen molar-refractivity contribution in [3.63, 3.8) is 0 Å². The predicted octanol–water partition coefficient (Wildman–Crippen LogP) is 1.03. The minimum atomic E-state index is -0.327. The average Bonchev–Trinajstić information content (AvgIpc) is 2.18. The first-order chi connectivity index (χ1) is 6.74. The van der Waals surface area contributed by atoms with Crippen LogP contribution in [0.2, 0.25) is 0 Å². The Hall–Kier alpha value is -1.35. The van der Waals surface area contributed by atoms with E-state index in [-0.39, 0.29) is 18.4 Å². The molecule has 0 spiro atoms. The number of carbonyl (C=O) groups excluding carboxylic acids is 1. The molecule has 0 heterocycles. The molecular weight excluding hydrogens is 178 g/mol. The fraction of sp³-hybridized carbons (Fsp3) is 0.364. The third-order valence-electron chi connectivity index (χ3n) is 2.20. The van der Waals surface area contributed by atoms with Gasteiger partial charge >= 0.3 is 0 Å². The summed E-state index contributed by atoms with van der Waals surface area (Å²) in [7, 11) is 0. The topological polar surface area (TPSA) is 63.3 Å². The zero-order valence-corrected chi connectivity index (χ0v) is 8.02. The normalized spacial score (nSPS) is 12.4. The molecule has 3 nitrogen and oxygen atoms in total. The van der Waals surface area contributed by atoms with Crippen LogP contribution in [0.15, 0.2) is 30.3 Å².